The van der Waals surface area contributed by atoms with Crippen molar-refractivity contribution in [2.24, 2.45) is 11.7 Å². The number of hydrogen-bond donors (Lipinski definition) is 2. The summed E-state index contributed by atoms with van der Waals surface area (Å²) in [6.45, 7) is 1.60. The van der Waals surface area contributed by atoms with Gasteiger partial charge < -0.3 is 10.8 Å². The maximum Gasteiger partial charge on any atom is 0.223 e. The van der Waals surface area contributed by atoms with Gasteiger partial charge in [0.15, 0.2) is 0 Å². The average Bonchev–Trinajstić information content (AvgIpc) is 2.26. The molecule has 0 aliphatic heterocycles. The van der Waals surface area contributed by atoms with Crippen molar-refractivity contribution in [2.45, 2.75) is 13.0 Å². The Bertz CT molecular complexity index is 346. The summed E-state index contributed by atoms with van der Waals surface area (Å²) in [5.74, 6) is -1.06. The lowest BCUT2D eigenvalue weighted by Crippen LogP contribution is -2.29. The molecule has 3 N–H and O–H groups in total. The van der Waals surface area contributed by atoms with Gasteiger partial charge in [0, 0.05) is 0 Å². The Kier molecular flexibility index (Phi) is 4.06. The van der Waals surface area contributed by atoms with Crippen molar-refractivity contribution in [3.05, 3.63) is 42.0 Å². The van der Waals surface area contributed by atoms with E-state index in [1.165, 1.54) is 0 Å². The zero-order chi connectivity index (χ0) is 11.3. The molecular weight excluding hydrogens is 190 g/mol. The predicted molar refractivity (Wildman–Crippen MR) is 59.8 cm³/mol. The van der Waals surface area contributed by atoms with Gasteiger partial charge in [0.25, 0.3) is 0 Å². The maximum atomic E-state index is 10.8. The van der Waals surface area contributed by atoms with E-state index in [1.54, 1.807) is 19.1 Å². The fourth-order valence-corrected chi connectivity index (χ4v) is 1.11. The van der Waals surface area contributed by atoms with Gasteiger partial charge in [-0.05, 0) is 5.56 Å². The van der Waals surface area contributed by atoms with E-state index in [0.717, 1.165) is 5.56 Å². The Balaban J connectivity index is 2.62. The van der Waals surface area contributed by atoms with Gasteiger partial charge in [0.2, 0.25) is 5.91 Å². The molecule has 0 aliphatic rings. The number of aliphatic hydroxyl groups is 1. The van der Waals surface area contributed by atoms with Gasteiger partial charge in [-0.1, -0.05) is 49.4 Å². The standard InChI is InChI=1S/C12H15NO2/c1-9(12(13)15)11(14)8-7-10-5-3-2-4-6-10/h2-9,11,14H,1H3,(H2,13,15)/t9-,11+/m1/s1. The van der Waals surface area contributed by atoms with Gasteiger partial charge in [0.1, 0.15) is 0 Å². The summed E-state index contributed by atoms with van der Waals surface area (Å²) in [4.78, 5) is 10.8. The summed E-state index contributed by atoms with van der Waals surface area (Å²) in [6.07, 6.45) is 2.51. The van der Waals surface area contributed by atoms with Crippen molar-refractivity contribution in [1.29, 1.82) is 0 Å². The lowest BCUT2D eigenvalue weighted by atomic mass is 10.0. The SMILES string of the molecule is C[C@@H](C(N)=O)[C@@H](O)C=Cc1ccccc1. The van der Waals surface area contributed by atoms with Crippen LogP contribution in [-0.2, 0) is 4.79 Å². The number of nitrogens with two attached hydrogens (primary N) is 1. The predicted octanol–water partition coefficient (Wildman–Crippen LogP) is 1.18. The Morgan fingerprint density at radius 3 is 2.53 bits per heavy atom. The van der Waals surface area contributed by atoms with Crippen LogP contribution >= 0.6 is 0 Å². The van der Waals surface area contributed by atoms with E-state index < -0.39 is 17.9 Å². The first-order valence-corrected chi connectivity index (χ1v) is 4.82. The molecule has 3 heteroatoms. The minimum absolute atomic E-state index is 0.500. The van der Waals surface area contributed by atoms with E-state index in [4.69, 9.17) is 5.73 Å². The van der Waals surface area contributed by atoms with Gasteiger partial charge in [-0.25, -0.2) is 0 Å². The topological polar surface area (TPSA) is 63.3 Å². The summed E-state index contributed by atoms with van der Waals surface area (Å²) >= 11 is 0. The molecule has 80 valence electrons. The van der Waals surface area contributed by atoms with Gasteiger partial charge in [-0.15, -0.1) is 0 Å². The largest absolute Gasteiger partial charge is 0.388 e. The number of amides is 1. The summed E-state index contributed by atoms with van der Waals surface area (Å²) in [5, 5.41) is 9.56. The van der Waals surface area contributed by atoms with E-state index in [2.05, 4.69) is 0 Å². The van der Waals surface area contributed by atoms with E-state index in [-0.39, 0.29) is 0 Å². The number of aliphatic hydroxyl groups excluding tert-OH is 1. The Morgan fingerprint density at radius 2 is 2.00 bits per heavy atom. The minimum Gasteiger partial charge on any atom is -0.388 e. The quantitative estimate of drug-likeness (QED) is 0.775. The van der Waals surface area contributed by atoms with Crippen LogP contribution in [0, 0.1) is 5.92 Å². The van der Waals surface area contributed by atoms with Gasteiger partial charge in [0.05, 0.1) is 12.0 Å². The molecule has 0 bridgehead atoms. The highest BCUT2D eigenvalue weighted by molar-refractivity contribution is 5.77. The number of carbonyl (C=O) groups excluding carboxylic acids is 1. The molecule has 1 aromatic rings. The Morgan fingerprint density at radius 1 is 1.40 bits per heavy atom. The molecule has 0 radical (unpaired) electrons. The van der Waals surface area contributed by atoms with Crippen molar-refractivity contribution in [2.75, 3.05) is 0 Å². The number of primary amides is 1. The Labute approximate surface area is 89.2 Å². The smallest absolute Gasteiger partial charge is 0.223 e. The minimum atomic E-state index is -0.831. The average molecular weight is 205 g/mol. The van der Waals surface area contributed by atoms with Crippen LogP contribution in [0.4, 0.5) is 0 Å². The van der Waals surface area contributed by atoms with Gasteiger partial charge in [-0.2, -0.15) is 0 Å². The Hall–Kier alpha value is -1.61. The highest BCUT2D eigenvalue weighted by atomic mass is 16.3. The highest BCUT2D eigenvalue weighted by Crippen LogP contribution is 2.07. The van der Waals surface area contributed by atoms with Crippen molar-refractivity contribution >= 4 is 12.0 Å². The molecule has 0 saturated heterocycles. The monoisotopic (exact) mass is 205 g/mol. The maximum absolute atomic E-state index is 10.8. The van der Waals surface area contributed by atoms with Crippen LogP contribution in [0.3, 0.4) is 0 Å². The number of benzene rings is 1. The third-order valence-electron chi connectivity index (χ3n) is 2.25. The molecule has 0 heterocycles. The van der Waals surface area contributed by atoms with E-state index in [9.17, 15) is 9.90 Å². The first-order valence-electron chi connectivity index (χ1n) is 4.82. The van der Waals surface area contributed by atoms with Crippen molar-refractivity contribution in [3.63, 3.8) is 0 Å². The van der Waals surface area contributed by atoms with Crippen LogP contribution in [0.25, 0.3) is 6.08 Å². The lowest BCUT2D eigenvalue weighted by Gasteiger charge is -2.10. The van der Waals surface area contributed by atoms with Crippen LogP contribution in [0.2, 0.25) is 0 Å². The molecule has 0 spiro atoms. The molecule has 1 aromatic carbocycles. The van der Waals surface area contributed by atoms with E-state index >= 15 is 0 Å². The first kappa shape index (κ1) is 11.5. The first-order chi connectivity index (χ1) is 7.11. The van der Waals surface area contributed by atoms with Crippen molar-refractivity contribution < 1.29 is 9.90 Å². The number of carbonyl (C=O) groups is 1. The molecular formula is C12H15NO2. The molecule has 0 unspecified atom stereocenters. The highest BCUT2D eigenvalue weighted by Gasteiger charge is 2.16. The number of hydrogen-bond acceptors (Lipinski definition) is 2. The zero-order valence-electron chi connectivity index (χ0n) is 8.63. The molecule has 0 aromatic heterocycles. The third kappa shape index (κ3) is 3.56. The van der Waals surface area contributed by atoms with Gasteiger partial charge in [-0.3, -0.25) is 4.79 Å². The molecule has 1 rings (SSSR count). The van der Waals surface area contributed by atoms with Crippen LogP contribution in [0.1, 0.15) is 12.5 Å². The lowest BCUT2D eigenvalue weighted by molar-refractivity contribution is -0.123. The van der Waals surface area contributed by atoms with Crippen LogP contribution < -0.4 is 5.73 Å². The summed E-state index contributed by atoms with van der Waals surface area (Å²) in [5.41, 5.74) is 6.05. The molecule has 0 aliphatic carbocycles. The summed E-state index contributed by atoms with van der Waals surface area (Å²) in [7, 11) is 0. The second-order valence-electron chi connectivity index (χ2n) is 3.45. The van der Waals surface area contributed by atoms with Crippen LogP contribution in [-0.4, -0.2) is 17.1 Å². The van der Waals surface area contributed by atoms with Crippen LogP contribution in [0.15, 0.2) is 36.4 Å². The molecule has 15 heavy (non-hydrogen) atoms. The van der Waals surface area contributed by atoms with E-state index in [1.807, 2.05) is 30.3 Å². The van der Waals surface area contributed by atoms with E-state index in [0.29, 0.717) is 0 Å². The van der Waals surface area contributed by atoms with Crippen molar-refractivity contribution in [3.8, 4) is 0 Å². The number of rotatable bonds is 4. The van der Waals surface area contributed by atoms with Crippen LogP contribution in [0.5, 0.6) is 0 Å². The molecule has 2 atom stereocenters. The second-order valence-corrected chi connectivity index (χ2v) is 3.45. The third-order valence-corrected chi connectivity index (χ3v) is 2.25. The molecule has 3 nitrogen and oxygen atoms in total. The molecule has 0 fully saturated rings. The second kappa shape index (κ2) is 5.32. The summed E-state index contributed by atoms with van der Waals surface area (Å²) in [6, 6.07) is 9.56. The fraction of sp³-hybridized carbons (Fsp3) is 0.250. The fourth-order valence-electron chi connectivity index (χ4n) is 1.11. The molecule has 1 amide bonds. The van der Waals surface area contributed by atoms with Crippen molar-refractivity contribution in [1.82, 2.24) is 0 Å². The zero-order valence-corrected chi connectivity index (χ0v) is 8.63. The summed E-state index contributed by atoms with van der Waals surface area (Å²) < 4.78 is 0. The molecule has 0 saturated carbocycles. The van der Waals surface area contributed by atoms with Gasteiger partial charge >= 0.3 is 0 Å². The normalized spacial score (nSPS) is 15.1.